The summed E-state index contributed by atoms with van der Waals surface area (Å²) >= 11 is 0. The highest BCUT2D eigenvalue weighted by molar-refractivity contribution is 6.34. The van der Waals surface area contributed by atoms with Gasteiger partial charge in [0.05, 0.1) is 11.1 Å². The Hall–Kier alpha value is -1.75. The highest BCUT2D eigenvalue weighted by Crippen LogP contribution is 2.32. The third kappa shape index (κ3) is 2.14. The molecule has 1 fully saturated rings. The molecule has 0 unspecified atom stereocenters. The van der Waals surface area contributed by atoms with Crippen LogP contribution in [0.2, 0.25) is 0 Å². The van der Waals surface area contributed by atoms with Crippen molar-refractivity contribution in [2.45, 2.75) is 18.8 Å². The van der Waals surface area contributed by atoms with E-state index in [4.69, 9.17) is 13.6 Å². The van der Waals surface area contributed by atoms with Crippen LogP contribution in [0.4, 0.5) is 0 Å². The fourth-order valence-electron chi connectivity index (χ4n) is 2.94. The highest BCUT2D eigenvalue weighted by Gasteiger charge is 2.20. The topological polar surface area (TPSA) is 70.9 Å². The molecular weight excluding hydrogens is 237 g/mol. The molecule has 1 aliphatic heterocycles. The van der Waals surface area contributed by atoms with Gasteiger partial charge < -0.3 is 16.0 Å². The van der Waals surface area contributed by atoms with Crippen molar-refractivity contribution in [2.75, 3.05) is 13.1 Å². The number of aromatic amines is 1. The summed E-state index contributed by atoms with van der Waals surface area (Å²) in [6, 6.07) is 3.56. The molecular formula is C14H16BN3O. The SMILES string of the molecule is [B]c1cc(C(N)=O)c2[nH]cc(C3CCNCC3)c2c1. The number of hydrogen-bond acceptors (Lipinski definition) is 2. The summed E-state index contributed by atoms with van der Waals surface area (Å²) < 4.78 is 0. The smallest absolute Gasteiger partial charge is 0.250 e. The van der Waals surface area contributed by atoms with Crippen molar-refractivity contribution in [1.29, 1.82) is 0 Å². The molecule has 1 aromatic heterocycles. The van der Waals surface area contributed by atoms with Gasteiger partial charge in [0.25, 0.3) is 5.91 Å². The summed E-state index contributed by atoms with van der Waals surface area (Å²) in [5.41, 5.74) is 8.50. The zero-order valence-corrected chi connectivity index (χ0v) is 10.7. The third-order valence-electron chi connectivity index (χ3n) is 3.89. The van der Waals surface area contributed by atoms with Gasteiger partial charge >= 0.3 is 0 Å². The monoisotopic (exact) mass is 253 g/mol. The number of aromatic nitrogens is 1. The Morgan fingerprint density at radius 1 is 1.32 bits per heavy atom. The Labute approximate surface area is 113 Å². The first-order chi connectivity index (χ1) is 9.16. The molecule has 96 valence electrons. The van der Waals surface area contributed by atoms with Gasteiger partial charge in [-0.1, -0.05) is 17.6 Å². The van der Waals surface area contributed by atoms with Gasteiger partial charge in [0, 0.05) is 11.6 Å². The lowest BCUT2D eigenvalue weighted by atomic mass is 9.86. The molecule has 1 saturated heterocycles. The van der Waals surface area contributed by atoms with Gasteiger partial charge in [0.15, 0.2) is 0 Å². The lowest BCUT2D eigenvalue weighted by Gasteiger charge is -2.22. The van der Waals surface area contributed by atoms with Crippen molar-refractivity contribution in [3.05, 3.63) is 29.5 Å². The predicted octanol–water partition coefficient (Wildman–Crippen LogP) is 0.528. The van der Waals surface area contributed by atoms with Gasteiger partial charge in [-0.05, 0) is 37.4 Å². The van der Waals surface area contributed by atoms with Gasteiger partial charge in [0.2, 0.25) is 0 Å². The van der Waals surface area contributed by atoms with Crippen molar-refractivity contribution in [2.24, 2.45) is 5.73 Å². The Balaban J connectivity index is 2.14. The van der Waals surface area contributed by atoms with Crippen LogP contribution in [0.15, 0.2) is 18.3 Å². The van der Waals surface area contributed by atoms with Gasteiger partial charge in [-0.25, -0.2) is 0 Å². The lowest BCUT2D eigenvalue weighted by Crippen LogP contribution is -2.26. The number of carbonyl (C=O) groups excluding carboxylic acids is 1. The van der Waals surface area contributed by atoms with E-state index in [0.717, 1.165) is 36.8 Å². The Bertz CT molecular complexity index is 629. The highest BCUT2D eigenvalue weighted by atomic mass is 16.1. The number of piperidine rings is 1. The summed E-state index contributed by atoms with van der Waals surface area (Å²) in [6.45, 7) is 2.06. The van der Waals surface area contributed by atoms with Crippen LogP contribution in [-0.2, 0) is 0 Å². The van der Waals surface area contributed by atoms with Crippen molar-refractivity contribution >= 4 is 30.1 Å². The maximum Gasteiger partial charge on any atom is 0.250 e. The quantitative estimate of drug-likeness (QED) is 0.683. The van der Waals surface area contributed by atoms with Crippen LogP contribution < -0.4 is 16.5 Å². The molecule has 1 aromatic carbocycles. The van der Waals surface area contributed by atoms with E-state index in [1.54, 1.807) is 6.07 Å². The summed E-state index contributed by atoms with van der Waals surface area (Å²) in [7, 11) is 5.89. The first kappa shape index (κ1) is 12.3. The van der Waals surface area contributed by atoms with Gasteiger partial charge in [-0.3, -0.25) is 4.79 Å². The largest absolute Gasteiger partial charge is 0.366 e. The molecule has 0 spiro atoms. The first-order valence-corrected chi connectivity index (χ1v) is 6.58. The molecule has 4 N–H and O–H groups in total. The normalized spacial score (nSPS) is 16.8. The van der Waals surface area contributed by atoms with E-state index in [-0.39, 0.29) is 0 Å². The van der Waals surface area contributed by atoms with Crippen LogP contribution >= 0.6 is 0 Å². The minimum atomic E-state index is -0.448. The lowest BCUT2D eigenvalue weighted by molar-refractivity contribution is 0.100. The number of fused-ring (bicyclic) bond motifs is 1. The summed E-state index contributed by atoms with van der Waals surface area (Å²) in [5.74, 6) is 0.0635. The molecule has 5 heteroatoms. The molecule has 19 heavy (non-hydrogen) atoms. The van der Waals surface area contributed by atoms with Crippen LogP contribution in [-0.4, -0.2) is 31.8 Å². The van der Waals surface area contributed by atoms with Crippen LogP contribution in [0.1, 0.15) is 34.7 Å². The number of hydrogen-bond donors (Lipinski definition) is 3. The molecule has 1 aliphatic rings. The number of H-pyrrole nitrogens is 1. The van der Waals surface area contributed by atoms with E-state index in [2.05, 4.69) is 10.3 Å². The summed E-state index contributed by atoms with van der Waals surface area (Å²) in [4.78, 5) is 14.7. The van der Waals surface area contributed by atoms with Crippen molar-refractivity contribution in [3.63, 3.8) is 0 Å². The second-order valence-corrected chi connectivity index (χ2v) is 5.12. The molecule has 2 aromatic rings. The zero-order valence-electron chi connectivity index (χ0n) is 10.7. The van der Waals surface area contributed by atoms with Crippen molar-refractivity contribution in [3.8, 4) is 0 Å². The second kappa shape index (κ2) is 4.74. The number of amides is 1. The third-order valence-corrected chi connectivity index (χ3v) is 3.89. The number of rotatable bonds is 2. The summed E-state index contributed by atoms with van der Waals surface area (Å²) in [5, 5.41) is 4.39. The van der Waals surface area contributed by atoms with Crippen LogP contribution in [0.5, 0.6) is 0 Å². The van der Waals surface area contributed by atoms with E-state index < -0.39 is 5.91 Å². The van der Waals surface area contributed by atoms with E-state index in [9.17, 15) is 4.79 Å². The molecule has 4 nitrogen and oxygen atoms in total. The predicted molar refractivity (Wildman–Crippen MR) is 77.0 cm³/mol. The minimum absolute atomic E-state index is 0.448. The van der Waals surface area contributed by atoms with Crippen molar-refractivity contribution < 1.29 is 4.79 Å². The molecule has 0 aliphatic carbocycles. The number of nitrogens with two attached hydrogens (primary N) is 1. The maximum absolute atomic E-state index is 11.5. The number of carbonyl (C=O) groups is 1. The second-order valence-electron chi connectivity index (χ2n) is 5.12. The molecule has 0 saturated carbocycles. The van der Waals surface area contributed by atoms with E-state index in [1.165, 1.54) is 5.56 Å². The number of benzene rings is 1. The van der Waals surface area contributed by atoms with Gasteiger partial charge in [-0.2, -0.15) is 0 Å². The van der Waals surface area contributed by atoms with Gasteiger partial charge in [-0.15, -0.1) is 0 Å². The molecule has 2 radical (unpaired) electrons. The number of nitrogens with one attached hydrogen (secondary N) is 2. The average molecular weight is 253 g/mol. The Morgan fingerprint density at radius 2 is 2.05 bits per heavy atom. The summed E-state index contributed by atoms with van der Waals surface area (Å²) in [6.07, 6.45) is 4.20. The van der Waals surface area contributed by atoms with E-state index >= 15 is 0 Å². The standard InChI is InChI=1S/C14H16BN3O/c15-9-5-10-12(8-1-3-17-4-2-8)7-18-13(10)11(6-9)14(16)19/h5-8,17-18H,1-4H2,(H2,16,19). The zero-order chi connectivity index (χ0) is 13.4. The first-order valence-electron chi connectivity index (χ1n) is 6.58. The molecule has 2 heterocycles. The molecule has 0 bridgehead atoms. The van der Waals surface area contributed by atoms with Crippen molar-refractivity contribution in [1.82, 2.24) is 10.3 Å². The fourth-order valence-corrected chi connectivity index (χ4v) is 2.94. The van der Waals surface area contributed by atoms with Crippen LogP contribution in [0, 0.1) is 0 Å². The average Bonchev–Trinajstić information content (AvgIpc) is 2.82. The molecule has 1 amide bonds. The fraction of sp³-hybridized carbons (Fsp3) is 0.357. The maximum atomic E-state index is 11.5. The minimum Gasteiger partial charge on any atom is -0.366 e. The van der Waals surface area contributed by atoms with E-state index in [1.807, 2.05) is 12.3 Å². The Kier molecular flexibility index (Phi) is 3.07. The van der Waals surface area contributed by atoms with Crippen LogP contribution in [0.25, 0.3) is 10.9 Å². The van der Waals surface area contributed by atoms with E-state index in [0.29, 0.717) is 16.9 Å². The Morgan fingerprint density at radius 3 is 2.74 bits per heavy atom. The number of primary amides is 1. The molecule has 3 rings (SSSR count). The van der Waals surface area contributed by atoms with Gasteiger partial charge in [0.1, 0.15) is 7.85 Å². The van der Waals surface area contributed by atoms with Crippen LogP contribution in [0.3, 0.4) is 0 Å². The molecule has 0 atom stereocenters.